The second-order valence-corrected chi connectivity index (χ2v) is 6.11. The van der Waals surface area contributed by atoms with Crippen LogP contribution in [0.15, 0.2) is 24.3 Å². The van der Waals surface area contributed by atoms with Crippen LogP contribution in [-0.2, 0) is 12.0 Å². The monoisotopic (exact) mass is 290 g/mol. The van der Waals surface area contributed by atoms with Crippen molar-refractivity contribution in [1.82, 2.24) is 4.90 Å². The molecule has 4 heteroatoms. The zero-order valence-electron chi connectivity index (χ0n) is 15.0. The Balaban J connectivity index is 1.90. The van der Waals surface area contributed by atoms with E-state index in [1.165, 1.54) is 4.90 Å². The lowest BCUT2D eigenvalue weighted by atomic mass is 9.69. The standard InChI is InChI=1S/C17H21NO3/c1-18-8-7-17-6-5-12(19)9-14(17)21-16-13(20-2)4-3-11(10-18)15(16)17/h3-6,12,14,19H,7-10H2,1-2H3/t12?,14?,17-/m0/s1/i1D3. The summed E-state index contributed by atoms with van der Waals surface area (Å²) in [6.07, 6.45) is 4.24. The Morgan fingerprint density at radius 2 is 2.43 bits per heavy atom. The Morgan fingerprint density at radius 1 is 1.52 bits per heavy atom. The number of rotatable bonds is 1. The van der Waals surface area contributed by atoms with Gasteiger partial charge in [0.1, 0.15) is 6.10 Å². The summed E-state index contributed by atoms with van der Waals surface area (Å²) in [4.78, 5) is 1.54. The van der Waals surface area contributed by atoms with E-state index in [2.05, 4.69) is 0 Å². The van der Waals surface area contributed by atoms with Crippen molar-refractivity contribution in [3.63, 3.8) is 0 Å². The summed E-state index contributed by atoms with van der Waals surface area (Å²) in [7, 11) is 1.60. The van der Waals surface area contributed by atoms with Crippen LogP contribution < -0.4 is 9.47 Å². The maximum Gasteiger partial charge on any atom is 0.166 e. The molecule has 4 rings (SSSR count). The van der Waals surface area contributed by atoms with Crippen LogP contribution in [-0.4, -0.2) is 42.8 Å². The predicted molar refractivity (Wildman–Crippen MR) is 79.8 cm³/mol. The molecule has 3 aliphatic rings. The third-order valence-corrected chi connectivity index (χ3v) is 4.96. The smallest absolute Gasteiger partial charge is 0.166 e. The van der Waals surface area contributed by atoms with Crippen molar-refractivity contribution in [1.29, 1.82) is 0 Å². The minimum absolute atomic E-state index is 0.195. The molecule has 2 aliphatic heterocycles. The quantitative estimate of drug-likeness (QED) is 0.802. The number of hydrogen-bond acceptors (Lipinski definition) is 4. The van der Waals surface area contributed by atoms with E-state index in [9.17, 15) is 5.11 Å². The molecule has 0 aromatic heterocycles. The van der Waals surface area contributed by atoms with Crippen LogP contribution in [0, 0.1) is 0 Å². The van der Waals surface area contributed by atoms with E-state index in [0.29, 0.717) is 37.4 Å². The lowest BCUT2D eigenvalue weighted by molar-refractivity contribution is 0.0821. The van der Waals surface area contributed by atoms with Crippen LogP contribution in [0.1, 0.15) is 28.1 Å². The fraction of sp³-hybridized carbons (Fsp3) is 0.529. The van der Waals surface area contributed by atoms with Gasteiger partial charge < -0.3 is 19.5 Å². The van der Waals surface area contributed by atoms with Gasteiger partial charge in [0, 0.05) is 22.6 Å². The first-order valence-electron chi connectivity index (χ1n) is 8.84. The second kappa shape index (κ2) is 4.49. The number of methoxy groups -OCH3 is 1. The van der Waals surface area contributed by atoms with Gasteiger partial charge in [-0.15, -0.1) is 0 Å². The van der Waals surface area contributed by atoms with E-state index in [1.807, 2.05) is 24.3 Å². The molecule has 1 spiro atoms. The summed E-state index contributed by atoms with van der Waals surface area (Å²) in [6.45, 7) is -1.32. The van der Waals surface area contributed by atoms with E-state index < -0.39 is 18.5 Å². The van der Waals surface area contributed by atoms with Crippen LogP contribution >= 0.6 is 0 Å². The van der Waals surface area contributed by atoms with E-state index in [-0.39, 0.29) is 6.10 Å². The molecular formula is C17H21NO3. The molecule has 0 saturated heterocycles. The summed E-state index contributed by atoms with van der Waals surface area (Å²) in [5.41, 5.74) is 1.60. The minimum atomic E-state index is -2.13. The first-order chi connectivity index (χ1) is 11.3. The van der Waals surface area contributed by atoms with Crippen molar-refractivity contribution >= 4 is 0 Å². The molecular weight excluding hydrogens is 266 g/mol. The second-order valence-electron chi connectivity index (χ2n) is 6.11. The number of aliphatic hydroxyl groups is 1. The third kappa shape index (κ3) is 1.75. The number of nitrogens with zero attached hydrogens (tertiary/aromatic N) is 1. The average Bonchev–Trinajstić information content (AvgIpc) is 2.74. The molecule has 21 heavy (non-hydrogen) atoms. The van der Waals surface area contributed by atoms with Gasteiger partial charge >= 0.3 is 0 Å². The van der Waals surface area contributed by atoms with E-state index in [0.717, 1.165) is 11.1 Å². The van der Waals surface area contributed by atoms with Crippen molar-refractivity contribution in [3.05, 3.63) is 35.4 Å². The number of hydrogen-bond donors (Lipinski definition) is 1. The third-order valence-electron chi connectivity index (χ3n) is 4.96. The Bertz CT molecular complexity index is 703. The number of aliphatic hydroxyl groups excluding tert-OH is 1. The largest absolute Gasteiger partial charge is 0.493 e. The molecule has 0 amide bonds. The first-order valence-corrected chi connectivity index (χ1v) is 7.34. The molecule has 1 aromatic rings. The van der Waals surface area contributed by atoms with Crippen molar-refractivity contribution < 1.29 is 18.7 Å². The van der Waals surface area contributed by atoms with Crippen LogP contribution in [0.25, 0.3) is 0 Å². The van der Waals surface area contributed by atoms with Crippen molar-refractivity contribution in [2.75, 3.05) is 20.6 Å². The highest BCUT2D eigenvalue weighted by Gasteiger charge is 2.52. The van der Waals surface area contributed by atoms with Gasteiger partial charge in [-0.25, -0.2) is 0 Å². The van der Waals surface area contributed by atoms with Crippen molar-refractivity contribution in [3.8, 4) is 11.5 Å². The van der Waals surface area contributed by atoms with E-state index in [1.54, 1.807) is 7.11 Å². The van der Waals surface area contributed by atoms with Gasteiger partial charge in [0.05, 0.1) is 18.6 Å². The summed E-state index contributed by atoms with van der Waals surface area (Å²) in [5, 5.41) is 10.0. The summed E-state index contributed by atoms with van der Waals surface area (Å²) < 4.78 is 35.0. The summed E-state index contributed by atoms with van der Waals surface area (Å²) >= 11 is 0. The Kier molecular flexibility index (Phi) is 2.19. The van der Waals surface area contributed by atoms with Gasteiger partial charge in [-0.2, -0.15) is 0 Å². The summed E-state index contributed by atoms with van der Waals surface area (Å²) in [6, 6.07) is 3.77. The fourth-order valence-corrected chi connectivity index (χ4v) is 3.94. The molecule has 2 heterocycles. The van der Waals surface area contributed by atoms with Crippen molar-refractivity contribution in [2.24, 2.45) is 0 Å². The molecule has 112 valence electrons. The topological polar surface area (TPSA) is 41.9 Å². The molecule has 0 bridgehead atoms. The van der Waals surface area contributed by atoms with Crippen molar-refractivity contribution in [2.45, 2.75) is 37.0 Å². The Hall–Kier alpha value is -1.52. The highest BCUT2D eigenvalue weighted by molar-refractivity contribution is 5.60. The van der Waals surface area contributed by atoms with Crippen LogP contribution in [0.4, 0.5) is 0 Å². The zero-order chi connectivity index (χ0) is 17.1. The highest BCUT2D eigenvalue weighted by atomic mass is 16.5. The lowest BCUT2D eigenvalue weighted by Crippen LogP contribution is -2.42. The number of benzene rings is 1. The minimum Gasteiger partial charge on any atom is -0.493 e. The van der Waals surface area contributed by atoms with Crippen LogP contribution in [0.2, 0.25) is 0 Å². The first kappa shape index (κ1) is 10.2. The van der Waals surface area contributed by atoms with Gasteiger partial charge in [0.25, 0.3) is 0 Å². The van der Waals surface area contributed by atoms with Gasteiger partial charge in [0.15, 0.2) is 11.5 Å². The SMILES string of the molecule is [2H]C([2H])([2H])N1CC[C@@]23C=CC(O)CC2Oc2c(OC)ccc(c23)C1. The molecule has 1 aromatic carbocycles. The summed E-state index contributed by atoms with van der Waals surface area (Å²) in [5.74, 6) is 1.36. The van der Waals surface area contributed by atoms with E-state index in [4.69, 9.17) is 13.6 Å². The Labute approximate surface area is 129 Å². The zero-order valence-corrected chi connectivity index (χ0v) is 12.0. The van der Waals surface area contributed by atoms with Gasteiger partial charge in [-0.1, -0.05) is 18.2 Å². The molecule has 0 fully saturated rings. The molecule has 0 saturated carbocycles. The highest BCUT2D eigenvalue weighted by Crippen LogP contribution is 2.55. The normalized spacial score (nSPS) is 36.6. The van der Waals surface area contributed by atoms with Gasteiger partial charge in [-0.3, -0.25) is 0 Å². The number of ether oxygens (including phenoxy) is 2. The van der Waals surface area contributed by atoms with Gasteiger partial charge in [0.2, 0.25) is 0 Å². The predicted octanol–water partition coefficient (Wildman–Crippen LogP) is 1.85. The molecule has 1 aliphatic carbocycles. The molecule has 3 atom stereocenters. The van der Waals surface area contributed by atoms with E-state index >= 15 is 0 Å². The van der Waals surface area contributed by atoms with Crippen LogP contribution in [0.5, 0.6) is 11.5 Å². The van der Waals surface area contributed by atoms with Crippen LogP contribution in [0.3, 0.4) is 0 Å². The average molecular weight is 290 g/mol. The maximum absolute atomic E-state index is 10.0. The molecule has 4 nitrogen and oxygen atoms in total. The van der Waals surface area contributed by atoms with Gasteiger partial charge in [-0.05, 0) is 31.6 Å². The molecule has 0 radical (unpaired) electrons. The molecule has 1 N–H and O–H groups in total. The Morgan fingerprint density at radius 3 is 3.24 bits per heavy atom. The molecule has 2 unspecified atom stereocenters. The maximum atomic E-state index is 10.0. The lowest BCUT2D eigenvalue weighted by Gasteiger charge is -2.35. The fourth-order valence-electron chi connectivity index (χ4n) is 3.94.